The summed E-state index contributed by atoms with van der Waals surface area (Å²) in [6.07, 6.45) is 4.58. The zero-order valence-electron chi connectivity index (χ0n) is 8.96. The molecule has 15 heavy (non-hydrogen) atoms. The first-order valence-electron chi connectivity index (χ1n) is 5.52. The van der Waals surface area contributed by atoms with Crippen molar-refractivity contribution in [1.29, 1.82) is 0 Å². The Labute approximate surface area is 89.6 Å². The lowest BCUT2D eigenvalue weighted by Crippen LogP contribution is -2.32. The van der Waals surface area contributed by atoms with Gasteiger partial charge in [0.2, 0.25) is 0 Å². The Balaban J connectivity index is 2.09. The second kappa shape index (κ2) is 3.23. The Bertz CT molecular complexity index is 480. The third-order valence-corrected chi connectivity index (χ3v) is 3.13. The van der Waals surface area contributed by atoms with E-state index >= 15 is 0 Å². The molecule has 2 nitrogen and oxygen atoms in total. The van der Waals surface area contributed by atoms with Crippen LogP contribution in [0, 0.1) is 6.92 Å². The van der Waals surface area contributed by atoms with Gasteiger partial charge in [0.15, 0.2) is 5.69 Å². The summed E-state index contributed by atoms with van der Waals surface area (Å²) < 4.78 is 2.39. The Morgan fingerprint density at radius 2 is 2.00 bits per heavy atom. The number of nitrogens with zero attached hydrogens (tertiary/aromatic N) is 1. The number of H-pyrrole nitrogens is 1. The first-order chi connectivity index (χ1) is 7.34. The predicted octanol–water partition coefficient (Wildman–Crippen LogP) is 2.22. The molecule has 0 spiro atoms. The van der Waals surface area contributed by atoms with Crippen molar-refractivity contribution >= 4 is 0 Å². The van der Waals surface area contributed by atoms with Gasteiger partial charge in [-0.1, -0.05) is 29.8 Å². The molecule has 1 N–H and O–H groups in total. The van der Waals surface area contributed by atoms with E-state index in [1.807, 2.05) is 0 Å². The minimum Gasteiger partial charge on any atom is -0.247 e. The van der Waals surface area contributed by atoms with E-state index in [0.717, 1.165) is 6.54 Å². The van der Waals surface area contributed by atoms with E-state index in [1.165, 1.54) is 35.5 Å². The van der Waals surface area contributed by atoms with Crippen LogP contribution in [0.5, 0.6) is 0 Å². The smallest absolute Gasteiger partial charge is 0.247 e. The fraction of sp³-hybridized carbons (Fsp3) is 0.308. The van der Waals surface area contributed by atoms with Crippen molar-refractivity contribution in [3.8, 4) is 11.3 Å². The molecular formula is C13H15N2+. The number of rotatable bonds is 1. The van der Waals surface area contributed by atoms with Gasteiger partial charge in [-0.15, -0.1) is 0 Å². The van der Waals surface area contributed by atoms with Gasteiger partial charge in [-0.2, -0.15) is 0 Å². The molecule has 0 amide bonds. The van der Waals surface area contributed by atoms with Gasteiger partial charge in [0.1, 0.15) is 6.20 Å². The van der Waals surface area contributed by atoms with Crippen LogP contribution in [0.25, 0.3) is 11.3 Å². The van der Waals surface area contributed by atoms with Crippen molar-refractivity contribution in [1.82, 2.24) is 4.98 Å². The molecule has 0 saturated carbocycles. The monoisotopic (exact) mass is 199 g/mol. The number of hydrogen-bond acceptors (Lipinski definition) is 0. The Kier molecular flexibility index (Phi) is 1.88. The topological polar surface area (TPSA) is 19.7 Å². The van der Waals surface area contributed by atoms with Gasteiger partial charge >= 0.3 is 0 Å². The molecule has 0 fully saturated rings. The van der Waals surface area contributed by atoms with Gasteiger partial charge in [-0.3, -0.25) is 0 Å². The Morgan fingerprint density at radius 1 is 1.20 bits per heavy atom. The molecule has 0 aliphatic carbocycles. The molecule has 1 aromatic carbocycles. The number of benzene rings is 1. The molecule has 2 heteroatoms. The summed E-state index contributed by atoms with van der Waals surface area (Å²) in [7, 11) is 0. The van der Waals surface area contributed by atoms with Crippen molar-refractivity contribution < 1.29 is 4.57 Å². The highest BCUT2D eigenvalue weighted by atomic mass is 15.1. The Morgan fingerprint density at radius 3 is 2.80 bits per heavy atom. The molecule has 1 aliphatic heterocycles. The summed E-state index contributed by atoms with van der Waals surface area (Å²) in [5.41, 5.74) is 3.95. The molecule has 0 radical (unpaired) electrons. The lowest BCUT2D eigenvalue weighted by atomic mass is 10.1. The second-order valence-electron chi connectivity index (χ2n) is 4.24. The third-order valence-electron chi connectivity index (χ3n) is 3.13. The first kappa shape index (κ1) is 8.72. The fourth-order valence-corrected chi connectivity index (χ4v) is 2.28. The molecule has 1 aromatic heterocycles. The standard InChI is InChI=1S/C13H14N2/c1-10-4-6-11(7-5-10)12-9-14-13-3-2-8-15(12)13/h4-7,9H,2-3,8H2,1H3/p+1. The molecule has 1 aliphatic rings. The lowest BCUT2D eigenvalue weighted by Gasteiger charge is -1.99. The van der Waals surface area contributed by atoms with Gasteiger partial charge in [0.05, 0.1) is 13.0 Å². The van der Waals surface area contributed by atoms with Gasteiger partial charge in [0.25, 0.3) is 5.82 Å². The van der Waals surface area contributed by atoms with Gasteiger partial charge in [0, 0.05) is 5.56 Å². The average Bonchev–Trinajstić information content (AvgIpc) is 2.80. The highest BCUT2D eigenvalue weighted by molar-refractivity contribution is 5.55. The number of aromatic nitrogens is 2. The van der Waals surface area contributed by atoms with Crippen molar-refractivity contribution in [3.05, 3.63) is 41.9 Å². The van der Waals surface area contributed by atoms with Crippen molar-refractivity contribution in [2.75, 3.05) is 0 Å². The van der Waals surface area contributed by atoms with E-state index in [4.69, 9.17) is 0 Å². The van der Waals surface area contributed by atoms with E-state index in [9.17, 15) is 0 Å². The van der Waals surface area contributed by atoms with Gasteiger partial charge in [-0.25, -0.2) is 9.55 Å². The average molecular weight is 199 g/mol. The summed E-state index contributed by atoms with van der Waals surface area (Å²) >= 11 is 0. The van der Waals surface area contributed by atoms with Crippen LogP contribution in [0.1, 0.15) is 17.8 Å². The van der Waals surface area contributed by atoms with E-state index in [2.05, 4.69) is 46.9 Å². The van der Waals surface area contributed by atoms with Crippen LogP contribution in [0.4, 0.5) is 0 Å². The van der Waals surface area contributed by atoms with Crippen LogP contribution < -0.4 is 4.57 Å². The normalized spacial score (nSPS) is 14.2. The molecule has 0 unspecified atom stereocenters. The fourth-order valence-electron chi connectivity index (χ4n) is 2.28. The van der Waals surface area contributed by atoms with Crippen LogP contribution in [0.3, 0.4) is 0 Å². The quantitative estimate of drug-likeness (QED) is 0.679. The van der Waals surface area contributed by atoms with E-state index in [1.54, 1.807) is 0 Å². The number of nitrogens with one attached hydrogen (secondary N) is 1. The van der Waals surface area contributed by atoms with Crippen molar-refractivity contribution in [2.24, 2.45) is 0 Å². The van der Waals surface area contributed by atoms with Crippen LogP contribution in [0.15, 0.2) is 30.5 Å². The van der Waals surface area contributed by atoms with Crippen LogP contribution >= 0.6 is 0 Å². The summed E-state index contributed by atoms with van der Waals surface area (Å²) in [5, 5.41) is 0. The van der Waals surface area contributed by atoms with Crippen LogP contribution in [0.2, 0.25) is 0 Å². The first-order valence-corrected chi connectivity index (χ1v) is 5.52. The molecule has 3 rings (SSSR count). The highest BCUT2D eigenvalue weighted by Gasteiger charge is 2.23. The van der Waals surface area contributed by atoms with Gasteiger partial charge < -0.3 is 0 Å². The molecule has 0 bridgehead atoms. The summed E-state index contributed by atoms with van der Waals surface area (Å²) in [5.74, 6) is 1.37. The third kappa shape index (κ3) is 1.37. The molecule has 76 valence electrons. The molecular weight excluding hydrogens is 184 g/mol. The van der Waals surface area contributed by atoms with E-state index < -0.39 is 0 Å². The lowest BCUT2D eigenvalue weighted by molar-refractivity contribution is -0.678. The largest absolute Gasteiger partial charge is 0.254 e. The molecule has 0 atom stereocenters. The molecule has 2 heterocycles. The van der Waals surface area contributed by atoms with Crippen molar-refractivity contribution in [3.63, 3.8) is 0 Å². The summed E-state index contributed by atoms with van der Waals surface area (Å²) in [4.78, 5) is 3.36. The van der Waals surface area contributed by atoms with Crippen molar-refractivity contribution in [2.45, 2.75) is 26.3 Å². The zero-order valence-corrected chi connectivity index (χ0v) is 8.96. The number of imidazole rings is 1. The molecule has 0 saturated heterocycles. The summed E-state index contributed by atoms with van der Waals surface area (Å²) in [6.45, 7) is 3.28. The molecule has 2 aromatic rings. The second-order valence-corrected chi connectivity index (χ2v) is 4.24. The predicted molar refractivity (Wildman–Crippen MR) is 59.5 cm³/mol. The van der Waals surface area contributed by atoms with E-state index in [-0.39, 0.29) is 0 Å². The minimum atomic E-state index is 1.15. The number of aromatic amines is 1. The number of fused-ring (bicyclic) bond motifs is 1. The van der Waals surface area contributed by atoms with Crippen LogP contribution in [-0.2, 0) is 13.0 Å². The number of hydrogen-bond donors (Lipinski definition) is 1. The number of aryl methyl sites for hydroxylation is 2. The maximum absolute atomic E-state index is 3.36. The minimum absolute atomic E-state index is 1.15. The van der Waals surface area contributed by atoms with E-state index in [0.29, 0.717) is 0 Å². The van der Waals surface area contributed by atoms with Crippen LogP contribution in [-0.4, -0.2) is 4.98 Å². The maximum Gasteiger partial charge on any atom is 0.254 e. The maximum atomic E-state index is 3.36. The highest BCUT2D eigenvalue weighted by Crippen LogP contribution is 2.18. The Hall–Kier alpha value is -1.57. The summed E-state index contributed by atoms with van der Waals surface area (Å²) in [6, 6.07) is 8.74. The van der Waals surface area contributed by atoms with Gasteiger partial charge in [-0.05, 0) is 13.3 Å². The zero-order chi connectivity index (χ0) is 10.3. The SMILES string of the molecule is Cc1ccc(-c2c[nH]c3[n+]2CCC3)cc1.